The quantitative estimate of drug-likeness (QED) is 0.458. The molecule has 0 aromatic heterocycles. The molecule has 0 bridgehead atoms. The SMILES string of the molecule is [3H]O[C@@H]1C[C@H]2C(=O)N[C@]3(C(=O)O)CC3/C=C\CCCCC[C@H](NC(=O)OC(C)(C)C)C(=O)N2C1. The first kappa shape index (κ1) is 23.5. The number of aliphatic hydroxyl groups excluding tert-OH is 1. The Morgan fingerprint density at radius 3 is 2.73 bits per heavy atom. The third-order valence-electron chi connectivity index (χ3n) is 6.31. The zero-order chi connectivity index (χ0) is 25.1. The predicted molar refractivity (Wildman–Crippen MR) is 118 cm³/mol. The Hall–Kier alpha value is -2.62. The van der Waals surface area contributed by atoms with Crippen LogP contribution >= 0.6 is 0 Å². The maximum Gasteiger partial charge on any atom is 0.408 e. The number of ether oxygens (including phenoxy) is 1. The summed E-state index contributed by atoms with van der Waals surface area (Å²) in [6.45, 7) is 5.16. The standard InChI is InChI=1S/C23H35N3O7/c1-22(2,3)33-21(32)24-16-10-8-6-4-5-7-9-14-12-23(14,20(30)31)25-18(28)17-11-15(27)13-26(17)19(16)29/h7,9,14-17,27H,4-6,8,10-13H2,1-3H3,(H,24,32)(H,25,28)(H,30,31)/b9-7-/t14?,15-,16+,17+,23-/m1/s1/i27T. The van der Waals surface area contributed by atoms with Crippen LogP contribution in [0.5, 0.6) is 0 Å². The number of nitrogens with zero attached hydrogens (tertiary/aromatic N) is 1. The lowest BCUT2D eigenvalue weighted by molar-refractivity contribution is -0.145. The van der Waals surface area contributed by atoms with E-state index in [0.29, 0.717) is 12.8 Å². The molecule has 3 aliphatic rings. The number of carbonyl (C=O) groups excluding carboxylic acids is 3. The molecule has 2 heterocycles. The van der Waals surface area contributed by atoms with Crippen molar-refractivity contribution in [1.29, 1.82) is 1.43 Å². The fourth-order valence-electron chi connectivity index (χ4n) is 4.51. The van der Waals surface area contributed by atoms with Crippen LogP contribution in [0.2, 0.25) is 0 Å². The van der Waals surface area contributed by atoms with Crippen molar-refractivity contribution in [3.63, 3.8) is 0 Å². The molecule has 0 spiro atoms. The highest BCUT2D eigenvalue weighted by atomic mass is 16.6. The predicted octanol–water partition coefficient (Wildman–Crippen LogP) is 1.32. The van der Waals surface area contributed by atoms with Gasteiger partial charge in [0, 0.05) is 18.9 Å². The zero-order valence-electron chi connectivity index (χ0n) is 20.5. The van der Waals surface area contributed by atoms with Gasteiger partial charge in [0.2, 0.25) is 13.2 Å². The van der Waals surface area contributed by atoms with Crippen LogP contribution in [0.25, 0.3) is 0 Å². The summed E-state index contributed by atoms with van der Waals surface area (Å²) in [6, 6.07) is -1.92. The monoisotopic (exact) mass is 467 g/mol. The molecular formula is C23H35N3O7. The first-order valence-corrected chi connectivity index (χ1v) is 11.6. The molecule has 10 nitrogen and oxygen atoms in total. The Labute approximate surface area is 195 Å². The molecular weight excluding hydrogens is 430 g/mol. The van der Waals surface area contributed by atoms with Gasteiger partial charge in [0.1, 0.15) is 23.2 Å². The second-order valence-electron chi connectivity index (χ2n) is 10.2. The minimum Gasteiger partial charge on any atom is -0.479 e. The number of allylic oxidation sites excluding steroid dienone is 1. The summed E-state index contributed by atoms with van der Waals surface area (Å²) in [5.74, 6) is -2.50. The second-order valence-corrected chi connectivity index (χ2v) is 10.2. The number of fused-ring (bicyclic) bond motifs is 2. The Balaban J connectivity index is 1.85. The lowest BCUT2D eigenvalue weighted by atomic mass is 10.0. The molecule has 3 amide bonds. The lowest BCUT2D eigenvalue weighted by Gasteiger charge is -2.30. The third kappa shape index (κ3) is 6.04. The van der Waals surface area contributed by atoms with Crippen molar-refractivity contribution in [3.8, 4) is 0 Å². The number of carbonyl (C=O) groups is 4. The number of aliphatic carboxylic acids is 1. The van der Waals surface area contributed by atoms with Crippen molar-refractivity contribution in [2.24, 2.45) is 5.92 Å². The van der Waals surface area contributed by atoms with Gasteiger partial charge >= 0.3 is 12.1 Å². The van der Waals surface area contributed by atoms with Crippen molar-refractivity contribution in [2.45, 2.75) is 95.0 Å². The van der Waals surface area contributed by atoms with Crippen LogP contribution in [0.3, 0.4) is 0 Å². The minimum atomic E-state index is -1.39. The number of nitrogens with one attached hydrogen (secondary N) is 2. The van der Waals surface area contributed by atoms with Gasteiger partial charge in [-0.2, -0.15) is 0 Å². The number of carboxylic acids is 1. The number of carboxylic acid groups (broad SMARTS) is 1. The highest BCUT2D eigenvalue weighted by molar-refractivity contribution is 5.96. The summed E-state index contributed by atoms with van der Waals surface area (Å²) in [7, 11) is 0. The largest absolute Gasteiger partial charge is 0.479 e. The van der Waals surface area contributed by atoms with Gasteiger partial charge in [-0.1, -0.05) is 25.0 Å². The van der Waals surface area contributed by atoms with Crippen LogP contribution in [0, 0.1) is 5.92 Å². The van der Waals surface area contributed by atoms with E-state index in [4.69, 9.17) is 6.17 Å². The summed E-state index contributed by atoms with van der Waals surface area (Å²) in [5, 5.41) is 19.8. The van der Waals surface area contributed by atoms with Crippen molar-refractivity contribution < 1.29 is 34.1 Å². The zero-order valence-corrected chi connectivity index (χ0v) is 19.5. The summed E-state index contributed by atoms with van der Waals surface area (Å²) in [6.07, 6.45) is 6.16. The molecule has 1 saturated carbocycles. The van der Waals surface area contributed by atoms with Gasteiger partial charge in [0.05, 0.1) is 6.10 Å². The summed E-state index contributed by atoms with van der Waals surface area (Å²) in [5.41, 5.74) is -2.14. The van der Waals surface area contributed by atoms with E-state index in [1.165, 1.54) is 4.90 Å². The van der Waals surface area contributed by atoms with E-state index in [2.05, 4.69) is 15.7 Å². The minimum absolute atomic E-state index is 0.00365. The molecule has 10 heteroatoms. The van der Waals surface area contributed by atoms with E-state index in [-0.39, 0.29) is 25.3 Å². The van der Waals surface area contributed by atoms with Crippen LogP contribution in [0.1, 0.15) is 65.7 Å². The smallest absolute Gasteiger partial charge is 0.408 e. The molecule has 33 heavy (non-hydrogen) atoms. The molecule has 3 rings (SSSR count). The Bertz CT molecular complexity index is 843. The molecule has 2 aliphatic heterocycles. The number of aliphatic hydroxyl groups is 1. The molecule has 1 saturated heterocycles. The van der Waals surface area contributed by atoms with Crippen LogP contribution in [-0.2, 0) is 19.1 Å². The highest BCUT2D eigenvalue weighted by Gasteiger charge is 2.61. The first-order chi connectivity index (χ1) is 16.0. The maximum atomic E-state index is 13.5. The molecule has 0 radical (unpaired) electrons. The third-order valence-corrected chi connectivity index (χ3v) is 6.31. The number of hydrogen-bond donors (Lipinski definition) is 4. The van der Waals surface area contributed by atoms with E-state index in [9.17, 15) is 24.3 Å². The van der Waals surface area contributed by atoms with Crippen molar-refractivity contribution >= 4 is 23.9 Å². The molecule has 184 valence electrons. The van der Waals surface area contributed by atoms with E-state index in [0.717, 1.165) is 19.3 Å². The van der Waals surface area contributed by atoms with Crippen molar-refractivity contribution in [2.75, 3.05) is 6.54 Å². The molecule has 1 unspecified atom stereocenters. The molecule has 5 atom stereocenters. The molecule has 1 aliphatic carbocycles. The number of hydrogen-bond acceptors (Lipinski definition) is 6. The number of amides is 3. The summed E-state index contributed by atoms with van der Waals surface area (Å²) < 4.78 is 12.6. The van der Waals surface area contributed by atoms with Gasteiger partial charge in [0.25, 0.3) is 0 Å². The molecule has 0 aromatic carbocycles. The summed E-state index contributed by atoms with van der Waals surface area (Å²) in [4.78, 5) is 52.4. The van der Waals surface area contributed by atoms with Gasteiger partial charge in [-0.05, 0) is 46.5 Å². The van der Waals surface area contributed by atoms with Gasteiger partial charge in [0.15, 0.2) is 0 Å². The average Bonchev–Trinajstić information content (AvgIpc) is 3.26. The molecule has 4 N–H and O–H groups in total. The topological polar surface area (TPSA) is 145 Å². The lowest BCUT2D eigenvalue weighted by Crippen LogP contribution is -2.56. The molecule has 0 aromatic rings. The fourth-order valence-corrected chi connectivity index (χ4v) is 4.51. The Kier molecular flexibility index (Phi) is 6.92. The Morgan fingerprint density at radius 2 is 2.06 bits per heavy atom. The van der Waals surface area contributed by atoms with Crippen LogP contribution < -0.4 is 10.6 Å². The fraction of sp³-hybridized carbons (Fsp3) is 0.739. The van der Waals surface area contributed by atoms with E-state index in [1.807, 2.05) is 12.2 Å². The van der Waals surface area contributed by atoms with E-state index >= 15 is 0 Å². The average molecular weight is 468 g/mol. The van der Waals surface area contributed by atoms with E-state index < -0.39 is 53.2 Å². The first-order valence-electron chi connectivity index (χ1n) is 12.0. The van der Waals surface area contributed by atoms with Gasteiger partial charge in [-0.3, -0.25) is 9.59 Å². The van der Waals surface area contributed by atoms with Crippen molar-refractivity contribution in [3.05, 3.63) is 12.2 Å². The second kappa shape index (κ2) is 9.70. The van der Waals surface area contributed by atoms with Gasteiger partial charge < -0.3 is 30.5 Å². The maximum absolute atomic E-state index is 13.5. The van der Waals surface area contributed by atoms with Crippen LogP contribution in [-0.4, -0.2) is 76.3 Å². The normalized spacial score (nSPS) is 34.5. The number of alkyl carbamates (subject to hydrolysis) is 1. The van der Waals surface area contributed by atoms with Crippen LogP contribution in [0.4, 0.5) is 4.79 Å². The highest BCUT2D eigenvalue weighted by Crippen LogP contribution is 2.45. The Morgan fingerprint density at radius 1 is 1.30 bits per heavy atom. The van der Waals surface area contributed by atoms with Gasteiger partial charge in [-0.25, -0.2) is 9.59 Å². The van der Waals surface area contributed by atoms with Gasteiger partial charge in [-0.15, -0.1) is 0 Å². The van der Waals surface area contributed by atoms with Crippen LogP contribution in [0.15, 0.2) is 12.2 Å². The number of rotatable bonds is 3. The summed E-state index contributed by atoms with van der Waals surface area (Å²) >= 11 is 0. The van der Waals surface area contributed by atoms with E-state index in [1.54, 1.807) is 20.8 Å². The van der Waals surface area contributed by atoms with Crippen molar-refractivity contribution in [1.82, 2.24) is 15.5 Å². The molecule has 2 fully saturated rings.